The Balaban J connectivity index is 1.57. The first-order chi connectivity index (χ1) is 18.0. The highest BCUT2D eigenvalue weighted by atomic mass is 35.5. The van der Waals surface area contributed by atoms with Gasteiger partial charge in [-0.05, 0) is 41.5 Å². The molecule has 0 aliphatic heterocycles. The second kappa shape index (κ2) is 10.2. The minimum Gasteiger partial charge on any atom is -0.394 e. The topological polar surface area (TPSA) is 72.2 Å². The van der Waals surface area contributed by atoms with Crippen LogP contribution in [0.5, 0.6) is 0 Å². The van der Waals surface area contributed by atoms with Crippen LogP contribution in [0.3, 0.4) is 0 Å². The van der Waals surface area contributed by atoms with Crippen LogP contribution < -0.4 is 11.1 Å². The number of carbonyl (C=O) groups is 2. The fourth-order valence-corrected chi connectivity index (χ4v) is 5.17. The normalized spacial score (nSPS) is 18.1. The number of halogens is 10. The molecule has 3 aromatic rings. The van der Waals surface area contributed by atoms with Crippen molar-refractivity contribution in [3.05, 3.63) is 93.0 Å². The molecule has 2 atom stereocenters. The first kappa shape index (κ1) is 29.0. The molecule has 4 nitrogen and oxygen atoms in total. The van der Waals surface area contributed by atoms with Gasteiger partial charge >= 0.3 is 6.18 Å². The summed E-state index contributed by atoms with van der Waals surface area (Å²) in [6.45, 7) is 0. The van der Waals surface area contributed by atoms with Crippen molar-refractivity contribution >= 4 is 57.9 Å². The van der Waals surface area contributed by atoms with Crippen molar-refractivity contribution in [3.63, 3.8) is 0 Å². The Morgan fingerprint density at radius 1 is 0.949 bits per heavy atom. The molecule has 1 saturated carbocycles. The zero-order valence-electron chi connectivity index (χ0n) is 19.1. The number of nitrogens with two attached hydrogens (primary N) is 1. The van der Waals surface area contributed by atoms with Crippen molar-refractivity contribution in [2.24, 2.45) is 5.92 Å². The maximum absolute atomic E-state index is 14.5. The summed E-state index contributed by atoms with van der Waals surface area (Å²) in [5, 5.41) is 1.63. The predicted octanol–water partition coefficient (Wildman–Crippen LogP) is 7.45. The second-order valence-electron chi connectivity index (χ2n) is 8.71. The third-order valence-electron chi connectivity index (χ3n) is 6.14. The molecule has 3 N–H and O–H groups in total. The van der Waals surface area contributed by atoms with E-state index >= 15 is 0 Å². The van der Waals surface area contributed by atoms with E-state index in [4.69, 9.17) is 40.5 Å². The van der Waals surface area contributed by atoms with Crippen LogP contribution in [-0.2, 0) is 17.4 Å². The van der Waals surface area contributed by atoms with Gasteiger partial charge in [0.1, 0.15) is 27.5 Å². The van der Waals surface area contributed by atoms with Crippen molar-refractivity contribution in [2.45, 2.75) is 22.8 Å². The SMILES string of the molecule is Nc1c(F)ccc(CC(=O)c2cc(NC(=O)[C@H]3[C@H](c4ccc(F)c(C(F)(F)F)c4)C3(Cl)Cl)cc(F)c2Cl)c1F. The molecule has 3 aromatic carbocycles. The van der Waals surface area contributed by atoms with Gasteiger partial charge in [0.15, 0.2) is 11.6 Å². The van der Waals surface area contributed by atoms with Crippen molar-refractivity contribution in [1.82, 2.24) is 0 Å². The fourth-order valence-electron chi connectivity index (χ4n) is 4.12. The third-order valence-corrected chi connectivity index (χ3v) is 7.47. The van der Waals surface area contributed by atoms with E-state index in [-0.39, 0.29) is 16.8 Å². The summed E-state index contributed by atoms with van der Waals surface area (Å²) in [4.78, 5) is 25.7. The average molecular weight is 614 g/mol. The molecule has 206 valence electrons. The molecule has 0 bridgehead atoms. The lowest BCUT2D eigenvalue weighted by molar-refractivity contribution is -0.140. The van der Waals surface area contributed by atoms with E-state index < -0.39 is 85.6 Å². The van der Waals surface area contributed by atoms with Crippen LogP contribution in [0.4, 0.5) is 42.1 Å². The Morgan fingerprint density at radius 2 is 1.59 bits per heavy atom. The summed E-state index contributed by atoms with van der Waals surface area (Å²) in [6.07, 6.45) is -5.70. The van der Waals surface area contributed by atoms with E-state index in [9.17, 15) is 40.3 Å². The maximum atomic E-state index is 14.5. The number of rotatable bonds is 6. The van der Waals surface area contributed by atoms with Crippen molar-refractivity contribution in [3.8, 4) is 0 Å². The molecule has 4 rings (SSSR count). The second-order valence-corrected chi connectivity index (χ2v) is 10.5. The first-order valence-corrected chi connectivity index (χ1v) is 12.0. The Labute approximate surface area is 230 Å². The van der Waals surface area contributed by atoms with Crippen LogP contribution in [0.15, 0.2) is 42.5 Å². The van der Waals surface area contributed by atoms with E-state index in [1.54, 1.807) is 0 Å². The predicted molar refractivity (Wildman–Crippen MR) is 131 cm³/mol. The molecule has 0 saturated heterocycles. The standard InChI is InChI=1S/C25H14Cl3F7N2O2/c26-20-12(17(38)6-10-2-4-15(30)22(36)21(10)32)7-11(8-16(20)31)37-23(39)19-18(24(19,27)28)9-1-3-14(29)13(5-9)25(33,34)35/h1-5,7-8,18-19H,6,36H2,(H,37,39)/t18-,19+/m0/s1. The molecule has 0 spiro atoms. The quantitative estimate of drug-likeness (QED) is 0.131. The van der Waals surface area contributed by atoms with Gasteiger partial charge in [-0.15, -0.1) is 23.2 Å². The van der Waals surface area contributed by atoms with Crippen LogP contribution in [0.25, 0.3) is 0 Å². The number of hydrogen-bond acceptors (Lipinski definition) is 3. The van der Waals surface area contributed by atoms with E-state index in [2.05, 4.69) is 5.32 Å². The van der Waals surface area contributed by atoms with Gasteiger partial charge in [0.05, 0.1) is 16.5 Å². The maximum Gasteiger partial charge on any atom is 0.419 e. The number of alkyl halides is 5. The number of hydrogen-bond donors (Lipinski definition) is 2. The molecule has 0 unspecified atom stereocenters. The number of ketones is 1. The Bertz CT molecular complexity index is 1510. The molecule has 39 heavy (non-hydrogen) atoms. The third kappa shape index (κ3) is 5.53. The van der Waals surface area contributed by atoms with Crippen LogP contribution in [0, 0.1) is 29.2 Å². The molecular formula is C25H14Cl3F7N2O2. The Morgan fingerprint density at radius 3 is 2.23 bits per heavy atom. The summed E-state index contributed by atoms with van der Waals surface area (Å²) in [7, 11) is 0. The lowest BCUT2D eigenvalue weighted by Gasteiger charge is -2.11. The number of anilines is 2. The number of carbonyl (C=O) groups excluding carboxylic acids is 2. The van der Waals surface area contributed by atoms with Crippen molar-refractivity contribution in [1.29, 1.82) is 0 Å². The van der Waals surface area contributed by atoms with Gasteiger partial charge < -0.3 is 11.1 Å². The van der Waals surface area contributed by atoms with Gasteiger partial charge in [-0.2, -0.15) is 13.2 Å². The van der Waals surface area contributed by atoms with Crippen LogP contribution in [0.1, 0.15) is 33.0 Å². The Hall–Kier alpha value is -3.02. The highest BCUT2D eigenvalue weighted by Gasteiger charge is 2.67. The summed E-state index contributed by atoms with van der Waals surface area (Å²) in [5.74, 6) is -9.24. The van der Waals surface area contributed by atoms with Crippen molar-refractivity contribution < 1.29 is 40.3 Å². The lowest BCUT2D eigenvalue weighted by atomic mass is 10.0. The number of amides is 1. The molecule has 1 aliphatic rings. The number of nitrogen functional groups attached to an aromatic ring is 1. The Kier molecular flexibility index (Phi) is 7.57. The molecule has 1 fully saturated rings. The minimum atomic E-state index is -5.01. The van der Waals surface area contributed by atoms with E-state index in [1.165, 1.54) is 0 Å². The zero-order valence-corrected chi connectivity index (χ0v) is 21.3. The molecule has 0 heterocycles. The summed E-state index contributed by atoms with van der Waals surface area (Å²) >= 11 is 18.2. The monoisotopic (exact) mass is 612 g/mol. The van der Waals surface area contributed by atoms with Gasteiger partial charge in [-0.3, -0.25) is 9.59 Å². The number of nitrogens with one attached hydrogen (secondary N) is 1. The van der Waals surface area contributed by atoms with Crippen LogP contribution >= 0.6 is 34.8 Å². The fraction of sp³-hybridized carbons (Fsp3) is 0.200. The van der Waals surface area contributed by atoms with Crippen LogP contribution in [-0.4, -0.2) is 16.0 Å². The minimum absolute atomic E-state index is 0.160. The van der Waals surface area contributed by atoms with E-state index in [0.717, 1.165) is 30.3 Å². The highest BCUT2D eigenvalue weighted by Crippen LogP contribution is 2.65. The molecule has 0 radical (unpaired) electrons. The summed E-state index contributed by atoms with van der Waals surface area (Å²) < 4.78 is 93.3. The molecule has 0 aromatic heterocycles. The van der Waals surface area contributed by atoms with Crippen molar-refractivity contribution in [2.75, 3.05) is 11.1 Å². The first-order valence-electron chi connectivity index (χ1n) is 10.8. The smallest absolute Gasteiger partial charge is 0.394 e. The van der Waals surface area contributed by atoms with Gasteiger partial charge in [-0.1, -0.05) is 23.7 Å². The largest absolute Gasteiger partial charge is 0.419 e. The molecule has 1 aliphatic carbocycles. The van der Waals surface area contributed by atoms with E-state index in [0.29, 0.717) is 12.1 Å². The summed E-state index contributed by atoms with van der Waals surface area (Å²) in [6, 6.07) is 5.62. The molecular weight excluding hydrogens is 600 g/mol. The number of benzene rings is 3. The van der Waals surface area contributed by atoms with Gasteiger partial charge in [0.25, 0.3) is 0 Å². The lowest BCUT2D eigenvalue weighted by Crippen LogP contribution is -2.18. The van der Waals surface area contributed by atoms with Gasteiger partial charge in [-0.25, -0.2) is 17.6 Å². The zero-order chi connectivity index (χ0) is 29.0. The van der Waals surface area contributed by atoms with Gasteiger partial charge in [0.2, 0.25) is 5.91 Å². The highest BCUT2D eigenvalue weighted by molar-refractivity contribution is 6.53. The molecule has 1 amide bonds. The van der Waals surface area contributed by atoms with E-state index in [1.807, 2.05) is 0 Å². The average Bonchev–Trinajstić information content (AvgIpc) is 3.42. The van der Waals surface area contributed by atoms with Crippen LogP contribution in [0.2, 0.25) is 5.02 Å². The molecule has 14 heteroatoms. The number of Topliss-reactive ketones (excluding diaryl/α,β-unsaturated/α-hetero) is 1. The summed E-state index contributed by atoms with van der Waals surface area (Å²) in [5.41, 5.74) is 1.69. The van der Waals surface area contributed by atoms with Gasteiger partial charge in [0, 0.05) is 23.6 Å².